The summed E-state index contributed by atoms with van der Waals surface area (Å²) in [6.45, 7) is 6.71. The van der Waals surface area contributed by atoms with E-state index in [4.69, 9.17) is 10.2 Å². The molecule has 0 heterocycles. The molecule has 0 fully saturated rings. The first kappa shape index (κ1) is 14.5. The monoisotopic (exact) mass is 251 g/mol. The standard InChI is InChI=1S/C14H21NO3/c1-10-5-4-6-11(13(17)18)12(10)15-9-14(2,3)7-8-16/h4-6,15-16H,7-9H2,1-3H3,(H,17,18). The Morgan fingerprint density at radius 2 is 2.06 bits per heavy atom. The van der Waals surface area contributed by atoms with Crippen molar-refractivity contribution in [3.8, 4) is 0 Å². The maximum Gasteiger partial charge on any atom is 0.337 e. The number of carbonyl (C=O) groups is 1. The van der Waals surface area contributed by atoms with Crippen molar-refractivity contribution in [2.24, 2.45) is 5.41 Å². The average molecular weight is 251 g/mol. The van der Waals surface area contributed by atoms with E-state index in [2.05, 4.69) is 5.32 Å². The van der Waals surface area contributed by atoms with Gasteiger partial charge in [0, 0.05) is 13.2 Å². The van der Waals surface area contributed by atoms with Crippen molar-refractivity contribution in [2.45, 2.75) is 27.2 Å². The van der Waals surface area contributed by atoms with Crippen LogP contribution >= 0.6 is 0 Å². The SMILES string of the molecule is Cc1cccc(C(=O)O)c1NCC(C)(C)CCO. The van der Waals surface area contributed by atoms with Gasteiger partial charge in [-0.05, 0) is 30.4 Å². The largest absolute Gasteiger partial charge is 0.478 e. The van der Waals surface area contributed by atoms with Crippen molar-refractivity contribution >= 4 is 11.7 Å². The van der Waals surface area contributed by atoms with E-state index in [9.17, 15) is 4.79 Å². The van der Waals surface area contributed by atoms with Gasteiger partial charge in [0.2, 0.25) is 0 Å². The Morgan fingerprint density at radius 1 is 1.39 bits per heavy atom. The number of anilines is 1. The van der Waals surface area contributed by atoms with Gasteiger partial charge in [-0.15, -0.1) is 0 Å². The Bertz CT molecular complexity index is 427. The maximum atomic E-state index is 11.1. The lowest BCUT2D eigenvalue weighted by atomic mass is 9.89. The number of hydrogen-bond acceptors (Lipinski definition) is 3. The lowest BCUT2D eigenvalue weighted by Crippen LogP contribution is -2.25. The topological polar surface area (TPSA) is 69.6 Å². The summed E-state index contributed by atoms with van der Waals surface area (Å²) in [7, 11) is 0. The minimum absolute atomic E-state index is 0.0766. The molecule has 100 valence electrons. The Hall–Kier alpha value is -1.55. The van der Waals surface area contributed by atoms with E-state index in [1.165, 1.54) is 0 Å². The minimum Gasteiger partial charge on any atom is -0.478 e. The number of para-hydroxylation sites is 1. The maximum absolute atomic E-state index is 11.1. The van der Waals surface area contributed by atoms with Crippen molar-refractivity contribution in [1.82, 2.24) is 0 Å². The van der Waals surface area contributed by atoms with Gasteiger partial charge in [-0.25, -0.2) is 4.79 Å². The molecule has 0 aliphatic carbocycles. The molecule has 0 bridgehead atoms. The number of aryl methyl sites for hydroxylation is 1. The predicted molar refractivity (Wildman–Crippen MR) is 72.1 cm³/mol. The number of aliphatic hydroxyl groups is 1. The van der Waals surface area contributed by atoms with Gasteiger partial charge in [-0.1, -0.05) is 26.0 Å². The summed E-state index contributed by atoms with van der Waals surface area (Å²) < 4.78 is 0. The first-order valence-corrected chi connectivity index (χ1v) is 6.05. The van der Waals surface area contributed by atoms with Crippen LogP contribution in [-0.4, -0.2) is 29.3 Å². The predicted octanol–water partition coefficient (Wildman–Crippen LogP) is 2.51. The van der Waals surface area contributed by atoms with Crippen LogP contribution in [0.25, 0.3) is 0 Å². The third-order valence-corrected chi connectivity index (χ3v) is 3.04. The van der Waals surface area contributed by atoms with Crippen LogP contribution in [0.5, 0.6) is 0 Å². The Kier molecular flexibility index (Phi) is 4.73. The number of rotatable bonds is 6. The fourth-order valence-electron chi connectivity index (χ4n) is 1.80. The fraction of sp³-hybridized carbons (Fsp3) is 0.500. The molecule has 0 saturated heterocycles. The molecule has 0 aliphatic rings. The smallest absolute Gasteiger partial charge is 0.337 e. The second-order valence-corrected chi connectivity index (χ2v) is 5.29. The number of nitrogens with one attached hydrogen (secondary N) is 1. The zero-order chi connectivity index (χ0) is 13.8. The Morgan fingerprint density at radius 3 is 2.61 bits per heavy atom. The molecule has 1 aromatic rings. The fourth-order valence-corrected chi connectivity index (χ4v) is 1.80. The molecule has 0 unspecified atom stereocenters. The van der Waals surface area contributed by atoms with Crippen LogP contribution in [0.15, 0.2) is 18.2 Å². The molecule has 18 heavy (non-hydrogen) atoms. The van der Waals surface area contributed by atoms with Gasteiger partial charge in [0.05, 0.1) is 11.3 Å². The number of carboxylic acid groups (broad SMARTS) is 1. The van der Waals surface area contributed by atoms with Gasteiger partial charge in [-0.3, -0.25) is 0 Å². The van der Waals surface area contributed by atoms with E-state index in [0.29, 0.717) is 18.7 Å². The quantitative estimate of drug-likeness (QED) is 0.726. The molecular weight excluding hydrogens is 230 g/mol. The number of aliphatic hydroxyl groups excluding tert-OH is 1. The third-order valence-electron chi connectivity index (χ3n) is 3.04. The van der Waals surface area contributed by atoms with Crippen molar-refractivity contribution in [1.29, 1.82) is 0 Å². The number of hydrogen-bond donors (Lipinski definition) is 3. The Balaban J connectivity index is 2.87. The molecule has 1 aromatic carbocycles. The second kappa shape index (κ2) is 5.87. The highest BCUT2D eigenvalue weighted by molar-refractivity contribution is 5.95. The van der Waals surface area contributed by atoms with Gasteiger partial charge in [-0.2, -0.15) is 0 Å². The summed E-state index contributed by atoms with van der Waals surface area (Å²) >= 11 is 0. The molecule has 0 spiro atoms. The minimum atomic E-state index is -0.929. The second-order valence-electron chi connectivity index (χ2n) is 5.29. The lowest BCUT2D eigenvalue weighted by molar-refractivity contribution is 0.0697. The first-order chi connectivity index (χ1) is 8.37. The van der Waals surface area contributed by atoms with Crippen LogP contribution in [0, 0.1) is 12.3 Å². The highest BCUT2D eigenvalue weighted by Gasteiger charge is 2.19. The van der Waals surface area contributed by atoms with Crippen LogP contribution in [0.3, 0.4) is 0 Å². The van der Waals surface area contributed by atoms with Crippen molar-refractivity contribution in [3.05, 3.63) is 29.3 Å². The molecule has 4 heteroatoms. The van der Waals surface area contributed by atoms with Gasteiger partial charge in [0.1, 0.15) is 0 Å². The molecule has 3 N–H and O–H groups in total. The average Bonchev–Trinajstić information content (AvgIpc) is 2.26. The molecule has 4 nitrogen and oxygen atoms in total. The number of aromatic carboxylic acids is 1. The molecular formula is C14H21NO3. The van der Waals surface area contributed by atoms with Gasteiger partial charge < -0.3 is 15.5 Å². The van der Waals surface area contributed by atoms with E-state index < -0.39 is 5.97 Å². The molecule has 0 atom stereocenters. The van der Waals surface area contributed by atoms with E-state index in [-0.39, 0.29) is 17.6 Å². The van der Waals surface area contributed by atoms with Crippen LogP contribution in [0.4, 0.5) is 5.69 Å². The van der Waals surface area contributed by atoms with Gasteiger partial charge in [0.15, 0.2) is 0 Å². The van der Waals surface area contributed by atoms with E-state index in [0.717, 1.165) is 5.56 Å². The molecule has 1 rings (SSSR count). The summed E-state index contributed by atoms with van der Waals surface area (Å²) in [4.78, 5) is 11.1. The summed E-state index contributed by atoms with van der Waals surface area (Å²) in [5.74, 6) is -0.929. The summed E-state index contributed by atoms with van der Waals surface area (Å²) in [5.41, 5.74) is 1.79. The molecule has 0 aliphatic heterocycles. The van der Waals surface area contributed by atoms with Crippen LogP contribution < -0.4 is 5.32 Å². The van der Waals surface area contributed by atoms with Crippen LogP contribution in [0.2, 0.25) is 0 Å². The summed E-state index contributed by atoms with van der Waals surface area (Å²) in [5, 5.41) is 21.3. The zero-order valence-corrected chi connectivity index (χ0v) is 11.2. The zero-order valence-electron chi connectivity index (χ0n) is 11.2. The van der Waals surface area contributed by atoms with Crippen molar-refractivity contribution in [2.75, 3.05) is 18.5 Å². The number of carboxylic acids is 1. The number of benzene rings is 1. The van der Waals surface area contributed by atoms with Crippen molar-refractivity contribution < 1.29 is 15.0 Å². The molecule has 0 saturated carbocycles. The van der Waals surface area contributed by atoms with Gasteiger partial charge >= 0.3 is 5.97 Å². The third kappa shape index (κ3) is 3.74. The molecule has 0 radical (unpaired) electrons. The highest BCUT2D eigenvalue weighted by atomic mass is 16.4. The van der Waals surface area contributed by atoms with Gasteiger partial charge in [0.25, 0.3) is 0 Å². The van der Waals surface area contributed by atoms with E-state index in [1.54, 1.807) is 12.1 Å². The molecule has 0 aromatic heterocycles. The summed E-state index contributed by atoms with van der Waals surface area (Å²) in [6.07, 6.45) is 0.675. The normalized spacial score (nSPS) is 11.3. The van der Waals surface area contributed by atoms with Crippen LogP contribution in [0.1, 0.15) is 36.2 Å². The van der Waals surface area contributed by atoms with E-state index >= 15 is 0 Å². The van der Waals surface area contributed by atoms with Crippen molar-refractivity contribution in [3.63, 3.8) is 0 Å². The highest BCUT2D eigenvalue weighted by Crippen LogP contribution is 2.25. The van der Waals surface area contributed by atoms with Crippen LogP contribution in [-0.2, 0) is 0 Å². The summed E-state index contributed by atoms with van der Waals surface area (Å²) in [6, 6.07) is 5.22. The first-order valence-electron chi connectivity index (χ1n) is 6.05. The lowest BCUT2D eigenvalue weighted by Gasteiger charge is -2.25. The van der Waals surface area contributed by atoms with E-state index in [1.807, 2.05) is 26.8 Å². The Labute approximate surface area is 108 Å². The molecule has 0 amide bonds.